The van der Waals surface area contributed by atoms with Crippen LogP contribution in [0.2, 0.25) is 0 Å². The van der Waals surface area contributed by atoms with Crippen molar-refractivity contribution in [1.29, 1.82) is 0 Å². The van der Waals surface area contributed by atoms with E-state index in [-0.39, 0.29) is 30.2 Å². The molecular formula is C15H23N5O2. The Morgan fingerprint density at radius 2 is 2.32 bits per heavy atom. The predicted octanol–water partition coefficient (Wildman–Crippen LogP) is 0.348. The number of aromatic nitrogens is 2. The summed E-state index contributed by atoms with van der Waals surface area (Å²) < 4.78 is 0. The Hall–Kier alpha value is -1.89. The largest absolute Gasteiger partial charge is 0.342 e. The summed E-state index contributed by atoms with van der Waals surface area (Å²) in [6.45, 7) is 3.93. The van der Waals surface area contributed by atoms with Gasteiger partial charge in [-0.15, -0.1) is 0 Å². The third-order valence-corrected chi connectivity index (χ3v) is 4.78. The van der Waals surface area contributed by atoms with Crippen molar-refractivity contribution in [2.24, 2.45) is 17.6 Å². The normalized spacial score (nSPS) is 27.3. The zero-order valence-electron chi connectivity index (χ0n) is 12.9. The fraction of sp³-hybridized carbons (Fsp3) is 0.667. The van der Waals surface area contributed by atoms with Crippen molar-refractivity contribution in [2.45, 2.75) is 32.2 Å². The molecule has 0 radical (unpaired) electrons. The fourth-order valence-corrected chi connectivity index (χ4v) is 3.41. The van der Waals surface area contributed by atoms with Crippen LogP contribution in [0.5, 0.6) is 0 Å². The number of nitrogens with zero attached hydrogens (tertiary/aromatic N) is 3. The minimum absolute atomic E-state index is 0.0134. The van der Waals surface area contributed by atoms with E-state index in [0.29, 0.717) is 19.0 Å². The van der Waals surface area contributed by atoms with Crippen molar-refractivity contribution < 1.29 is 9.59 Å². The number of rotatable bonds is 3. The summed E-state index contributed by atoms with van der Waals surface area (Å²) in [5.41, 5.74) is 6.71. The summed E-state index contributed by atoms with van der Waals surface area (Å²) in [7, 11) is 0. The van der Waals surface area contributed by atoms with Crippen LogP contribution in [0.3, 0.4) is 0 Å². The van der Waals surface area contributed by atoms with Gasteiger partial charge in [0.1, 0.15) is 0 Å². The van der Waals surface area contributed by atoms with E-state index in [4.69, 9.17) is 5.73 Å². The van der Waals surface area contributed by atoms with Crippen LogP contribution in [0.25, 0.3) is 0 Å². The number of piperidine rings is 1. The molecule has 2 aliphatic heterocycles. The van der Waals surface area contributed by atoms with Crippen LogP contribution in [0.15, 0.2) is 12.4 Å². The van der Waals surface area contributed by atoms with E-state index in [1.54, 1.807) is 17.3 Å². The molecule has 0 saturated carbocycles. The smallest absolute Gasteiger partial charge is 0.228 e. The Balaban J connectivity index is 1.65. The van der Waals surface area contributed by atoms with Crippen LogP contribution in [0, 0.1) is 11.8 Å². The van der Waals surface area contributed by atoms with Gasteiger partial charge in [0.05, 0.1) is 17.8 Å². The van der Waals surface area contributed by atoms with Gasteiger partial charge in [-0.1, -0.05) is 0 Å². The number of aromatic amines is 1. The monoisotopic (exact) mass is 305 g/mol. The van der Waals surface area contributed by atoms with E-state index in [1.165, 1.54) is 0 Å². The molecule has 2 saturated heterocycles. The maximum absolute atomic E-state index is 12.7. The summed E-state index contributed by atoms with van der Waals surface area (Å²) >= 11 is 0. The molecule has 7 heteroatoms. The lowest BCUT2D eigenvalue weighted by molar-refractivity contribution is -0.137. The molecule has 7 nitrogen and oxygen atoms in total. The van der Waals surface area contributed by atoms with Crippen molar-refractivity contribution in [3.63, 3.8) is 0 Å². The topological polar surface area (TPSA) is 95.3 Å². The van der Waals surface area contributed by atoms with E-state index >= 15 is 0 Å². The highest BCUT2D eigenvalue weighted by molar-refractivity contribution is 6.00. The molecule has 120 valence electrons. The van der Waals surface area contributed by atoms with Crippen LogP contribution in [-0.4, -0.2) is 52.6 Å². The standard InChI is InChI=1S/C15H23N5O2/c1-10(16)11-3-2-4-19(8-11)15(22)12-5-14(21)20(9-12)13-6-17-18-7-13/h6-7,10-12H,2-5,8-9,16H2,1H3,(H,17,18)/t10-,11-,12+/m0/s1. The molecule has 0 aromatic carbocycles. The average Bonchev–Trinajstić information content (AvgIpc) is 3.15. The lowest BCUT2D eigenvalue weighted by Crippen LogP contribution is -2.47. The van der Waals surface area contributed by atoms with Crippen molar-refractivity contribution in [2.75, 3.05) is 24.5 Å². The number of amides is 2. The Kier molecular flexibility index (Phi) is 4.15. The van der Waals surface area contributed by atoms with Crippen LogP contribution >= 0.6 is 0 Å². The SMILES string of the molecule is C[C@H](N)[C@H]1CCCN(C(=O)[C@@H]2CC(=O)N(c3cn[nH]c3)C2)C1. The molecule has 1 aromatic heterocycles. The van der Waals surface area contributed by atoms with E-state index in [2.05, 4.69) is 10.2 Å². The molecule has 3 rings (SSSR count). The van der Waals surface area contributed by atoms with E-state index in [9.17, 15) is 9.59 Å². The molecule has 0 bridgehead atoms. The van der Waals surface area contributed by atoms with Gasteiger partial charge in [-0.3, -0.25) is 14.7 Å². The molecule has 3 atom stereocenters. The first kappa shape index (κ1) is 15.0. The lowest BCUT2D eigenvalue weighted by atomic mass is 9.91. The Labute approximate surface area is 129 Å². The second-order valence-corrected chi connectivity index (χ2v) is 6.41. The van der Waals surface area contributed by atoms with Gasteiger partial charge in [-0.25, -0.2) is 0 Å². The molecular weight excluding hydrogens is 282 g/mol. The highest BCUT2D eigenvalue weighted by Gasteiger charge is 2.38. The number of nitrogens with two attached hydrogens (primary N) is 1. The highest BCUT2D eigenvalue weighted by Crippen LogP contribution is 2.27. The maximum Gasteiger partial charge on any atom is 0.228 e. The summed E-state index contributed by atoms with van der Waals surface area (Å²) in [6.07, 6.45) is 5.63. The lowest BCUT2D eigenvalue weighted by Gasteiger charge is -2.35. The van der Waals surface area contributed by atoms with Crippen molar-refractivity contribution in [3.05, 3.63) is 12.4 Å². The maximum atomic E-state index is 12.7. The number of H-pyrrole nitrogens is 1. The molecule has 22 heavy (non-hydrogen) atoms. The van der Waals surface area contributed by atoms with E-state index < -0.39 is 0 Å². The van der Waals surface area contributed by atoms with Gasteiger partial charge in [-0.05, 0) is 25.7 Å². The summed E-state index contributed by atoms with van der Waals surface area (Å²) in [5, 5.41) is 6.56. The number of carbonyl (C=O) groups is 2. The minimum Gasteiger partial charge on any atom is -0.342 e. The molecule has 2 fully saturated rings. The van der Waals surface area contributed by atoms with Gasteiger partial charge in [0.15, 0.2) is 0 Å². The van der Waals surface area contributed by atoms with Gasteiger partial charge < -0.3 is 15.5 Å². The number of nitrogens with one attached hydrogen (secondary N) is 1. The van der Waals surface area contributed by atoms with Crippen LogP contribution in [0.4, 0.5) is 5.69 Å². The van der Waals surface area contributed by atoms with Crippen molar-refractivity contribution in [1.82, 2.24) is 15.1 Å². The number of hydrogen-bond donors (Lipinski definition) is 2. The first-order chi connectivity index (χ1) is 10.6. The zero-order chi connectivity index (χ0) is 15.7. The molecule has 1 aromatic rings. The summed E-state index contributed by atoms with van der Waals surface area (Å²) in [4.78, 5) is 28.4. The predicted molar refractivity (Wildman–Crippen MR) is 82.0 cm³/mol. The van der Waals surface area contributed by atoms with E-state index in [0.717, 1.165) is 25.1 Å². The second-order valence-electron chi connectivity index (χ2n) is 6.41. The van der Waals surface area contributed by atoms with Gasteiger partial charge >= 0.3 is 0 Å². The van der Waals surface area contributed by atoms with E-state index in [1.807, 2.05) is 11.8 Å². The first-order valence-corrected chi connectivity index (χ1v) is 7.89. The zero-order valence-corrected chi connectivity index (χ0v) is 12.9. The quantitative estimate of drug-likeness (QED) is 0.842. The number of likely N-dealkylation sites (tertiary alicyclic amines) is 1. The van der Waals surface area contributed by atoms with Crippen LogP contribution in [-0.2, 0) is 9.59 Å². The number of hydrogen-bond acceptors (Lipinski definition) is 4. The third kappa shape index (κ3) is 2.85. The summed E-state index contributed by atoms with van der Waals surface area (Å²) in [6, 6.07) is 0.100. The van der Waals surface area contributed by atoms with Crippen molar-refractivity contribution in [3.8, 4) is 0 Å². The molecule has 0 aliphatic carbocycles. The molecule has 2 amide bonds. The second kappa shape index (κ2) is 6.08. The fourth-order valence-electron chi connectivity index (χ4n) is 3.41. The molecule has 3 N–H and O–H groups in total. The Morgan fingerprint density at radius 3 is 3.00 bits per heavy atom. The molecule has 2 aliphatic rings. The Morgan fingerprint density at radius 1 is 1.50 bits per heavy atom. The van der Waals surface area contributed by atoms with Crippen molar-refractivity contribution >= 4 is 17.5 Å². The molecule has 0 spiro atoms. The Bertz CT molecular complexity index is 542. The first-order valence-electron chi connectivity index (χ1n) is 7.89. The highest BCUT2D eigenvalue weighted by atomic mass is 16.2. The number of carbonyl (C=O) groups excluding carboxylic acids is 2. The molecule has 3 heterocycles. The van der Waals surface area contributed by atoms with Gasteiger partial charge in [-0.2, -0.15) is 5.10 Å². The van der Waals surface area contributed by atoms with Gasteiger partial charge in [0.2, 0.25) is 11.8 Å². The van der Waals surface area contributed by atoms with Gasteiger partial charge in [0, 0.05) is 38.3 Å². The van der Waals surface area contributed by atoms with Crippen LogP contribution in [0.1, 0.15) is 26.2 Å². The molecule has 0 unspecified atom stereocenters. The number of anilines is 1. The average molecular weight is 305 g/mol. The van der Waals surface area contributed by atoms with Crippen LogP contribution < -0.4 is 10.6 Å². The third-order valence-electron chi connectivity index (χ3n) is 4.78. The minimum atomic E-state index is -0.255. The summed E-state index contributed by atoms with van der Waals surface area (Å²) in [5.74, 6) is 0.180. The van der Waals surface area contributed by atoms with Gasteiger partial charge in [0.25, 0.3) is 0 Å².